The molecule has 1 aromatic heterocycles. The molecule has 0 spiro atoms. The number of rotatable bonds is 8. The first-order valence-corrected chi connectivity index (χ1v) is 12.1. The van der Waals surface area contributed by atoms with E-state index in [1.165, 1.54) is 0 Å². The number of carbonyl (C=O) groups excluding carboxylic acids is 2. The van der Waals surface area contributed by atoms with E-state index in [2.05, 4.69) is 20.9 Å². The molecule has 0 radical (unpaired) electrons. The smallest absolute Gasteiger partial charge is 0.352 e. The lowest BCUT2D eigenvalue weighted by atomic mass is 10.1. The van der Waals surface area contributed by atoms with Crippen LogP contribution in [0.4, 0.5) is 24.8 Å². The van der Waals surface area contributed by atoms with E-state index in [1.807, 2.05) is 17.7 Å². The lowest BCUT2D eigenvalue weighted by molar-refractivity contribution is -0.192. The van der Waals surface area contributed by atoms with Crippen LogP contribution in [0.15, 0.2) is 36.4 Å². The standard InChI is InChI=1S/C25H25ClF3N5O2/c1-34-20-7-5-16(21(35)30-12-14-2-3-14)11-19(20)33-23(34)32-18-10-15(4-6-17(18)26)13-31-22(36)24(8-9-24)25(27,28)29/h4-7,10-11,14H,2-3,8-9,12-13H2,1H3,(H,30,35)(H,31,36)(H,32,33). The Hall–Kier alpha value is -3.27. The maximum absolute atomic E-state index is 13.2. The number of nitrogens with zero attached hydrogens (tertiary/aromatic N) is 2. The maximum Gasteiger partial charge on any atom is 0.403 e. The predicted octanol–water partition coefficient (Wildman–Crippen LogP) is 5.07. The molecule has 2 fully saturated rings. The van der Waals surface area contributed by atoms with Gasteiger partial charge in [-0.25, -0.2) is 4.98 Å². The number of halogens is 4. The van der Waals surface area contributed by atoms with Crippen LogP contribution in [0.25, 0.3) is 11.0 Å². The minimum atomic E-state index is -4.55. The minimum absolute atomic E-state index is 0.0651. The Morgan fingerprint density at radius 3 is 2.56 bits per heavy atom. The van der Waals surface area contributed by atoms with Crippen molar-refractivity contribution in [2.24, 2.45) is 18.4 Å². The highest BCUT2D eigenvalue weighted by molar-refractivity contribution is 6.33. The molecule has 2 aromatic carbocycles. The number of carbonyl (C=O) groups is 2. The molecule has 0 bridgehead atoms. The Balaban J connectivity index is 1.30. The van der Waals surface area contributed by atoms with Crippen LogP contribution in [0, 0.1) is 11.3 Å². The summed E-state index contributed by atoms with van der Waals surface area (Å²) in [5.41, 5.74) is 0.762. The van der Waals surface area contributed by atoms with Gasteiger partial charge in [-0.3, -0.25) is 9.59 Å². The van der Waals surface area contributed by atoms with Crippen LogP contribution in [0.1, 0.15) is 41.6 Å². The number of nitrogens with one attached hydrogen (secondary N) is 3. The fourth-order valence-corrected chi connectivity index (χ4v) is 4.29. The number of alkyl halides is 3. The Labute approximate surface area is 210 Å². The molecular weight excluding hydrogens is 495 g/mol. The Bertz CT molecular complexity index is 1350. The molecule has 2 amide bonds. The van der Waals surface area contributed by atoms with Crippen molar-refractivity contribution in [2.45, 2.75) is 38.4 Å². The zero-order valence-corrected chi connectivity index (χ0v) is 20.3. The average Bonchev–Trinajstić information content (AvgIpc) is 3.75. The molecule has 3 N–H and O–H groups in total. The van der Waals surface area contributed by atoms with Crippen molar-refractivity contribution in [1.29, 1.82) is 0 Å². The molecule has 7 nitrogen and oxygen atoms in total. The van der Waals surface area contributed by atoms with Gasteiger partial charge in [0.2, 0.25) is 11.9 Å². The van der Waals surface area contributed by atoms with Gasteiger partial charge >= 0.3 is 6.18 Å². The van der Waals surface area contributed by atoms with Crippen molar-refractivity contribution >= 4 is 46.1 Å². The van der Waals surface area contributed by atoms with Gasteiger partial charge in [-0.1, -0.05) is 17.7 Å². The second kappa shape index (κ2) is 8.99. The lowest BCUT2D eigenvalue weighted by Crippen LogP contribution is -2.40. The molecule has 3 aromatic rings. The normalized spacial score (nSPS) is 16.6. The minimum Gasteiger partial charge on any atom is -0.352 e. The van der Waals surface area contributed by atoms with Crippen LogP contribution >= 0.6 is 11.6 Å². The summed E-state index contributed by atoms with van der Waals surface area (Å²) in [6.07, 6.45) is -2.63. The van der Waals surface area contributed by atoms with Gasteiger partial charge in [0, 0.05) is 25.7 Å². The average molecular weight is 520 g/mol. The van der Waals surface area contributed by atoms with Crippen molar-refractivity contribution in [3.05, 3.63) is 52.5 Å². The van der Waals surface area contributed by atoms with Crippen molar-refractivity contribution in [3.63, 3.8) is 0 Å². The number of hydrogen-bond acceptors (Lipinski definition) is 4. The largest absolute Gasteiger partial charge is 0.403 e. The van der Waals surface area contributed by atoms with Crippen LogP contribution in [-0.4, -0.2) is 34.1 Å². The summed E-state index contributed by atoms with van der Waals surface area (Å²) in [4.78, 5) is 29.2. The molecule has 0 saturated heterocycles. The summed E-state index contributed by atoms with van der Waals surface area (Å²) in [5, 5.41) is 8.87. The van der Waals surface area contributed by atoms with Gasteiger partial charge in [0.1, 0.15) is 5.41 Å². The van der Waals surface area contributed by atoms with Crippen LogP contribution in [0.3, 0.4) is 0 Å². The van der Waals surface area contributed by atoms with Gasteiger partial charge < -0.3 is 20.5 Å². The zero-order valence-electron chi connectivity index (χ0n) is 19.5. The summed E-state index contributed by atoms with van der Waals surface area (Å²) in [5.74, 6) is -0.0960. The monoisotopic (exact) mass is 519 g/mol. The summed E-state index contributed by atoms with van der Waals surface area (Å²) in [6, 6.07) is 10.2. The van der Waals surface area contributed by atoms with Crippen molar-refractivity contribution in [3.8, 4) is 0 Å². The van der Waals surface area contributed by atoms with Crippen molar-refractivity contribution in [2.75, 3.05) is 11.9 Å². The Morgan fingerprint density at radius 2 is 1.89 bits per heavy atom. The summed E-state index contributed by atoms with van der Waals surface area (Å²) in [7, 11) is 1.81. The van der Waals surface area contributed by atoms with E-state index < -0.39 is 17.5 Å². The van der Waals surface area contributed by atoms with E-state index in [0.717, 1.165) is 18.4 Å². The molecule has 0 aliphatic heterocycles. The molecule has 0 unspecified atom stereocenters. The van der Waals surface area contributed by atoms with Gasteiger partial charge in [0.25, 0.3) is 5.91 Å². The Morgan fingerprint density at radius 1 is 1.14 bits per heavy atom. The third-order valence-corrected chi connectivity index (χ3v) is 7.18. The maximum atomic E-state index is 13.2. The van der Waals surface area contributed by atoms with E-state index in [9.17, 15) is 22.8 Å². The van der Waals surface area contributed by atoms with Gasteiger partial charge in [-0.15, -0.1) is 0 Å². The third kappa shape index (κ3) is 4.74. The van der Waals surface area contributed by atoms with Gasteiger partial charge in [0.15, 0.2) is 0 Å². The fraction of sp³-hybridized carbons (Fsp3) is 0.400. The number of aryl methyl sites for hydroxylation is 1. The summed E-state index contributed by atoms with van der Waals surface area (Å²) >= 11 is 6.35. The summed E-state index contributed by atoms with van der Waals surface area (Å²) in [6.45, 7) is 0.614. The van der Waals surface area contributed by atoms with E-state index in [4.69, 9.17) is 11.6 Å². The molecule has 190 valence electrons. The first-order valence-electron chi connectivity index (χ1n) is 11.7. The topological polar surface area (TPSA) is 88.1 Å². The number of fused-ring (bicyclic) bond motifs is 1. The van der Waals surface area contributed by atoms with E-state index in [1.54, 1.807) is 30.3 Å². The first kappa shape index (κ1) is 24.4. The molecule has 11 heteroatoms. The number of benzene rings is 2. The number of hydrogen-bond donors (Lipinski definition) is 3. The van der Waals surface area contributed by atoms with Crippen molar-refractivity contribution in [1.82, 2.24) is 20.2 Å². The quantitative estimate of drug-likeness (QED) is 0.388. The van der Waals surface area contributed by atoms with E-state index in [-0.39, 0.29) is 25.3 Å². The van der Waals surface area contributed by atoms with Crippen LogP contribution < -0.4 is 16.0 Å². The number of imidazole rings is 1. The van der Waals surface area contributed by atoms with Crippen LogP contribution in [0.5, 0.6) is 0 Å². The molecule has 1 heterocycles. The second-order valence-corrected chi connectivity index (χ2v) is 9.96. The number of anilines is 2. The molecule has 2 saturated carbocycles. The van der Waals surface area contributed by atoms with Crippen LogP contribution in [-0.2, 0) is 18.4 Å². The highest BCUT2D eigenvalue weighted by atomic mass is 35.5. The third-order valence-electron chi connectivity index (χ3n) is 6.85. The van der Waals surface area contributed by atoms with E-state index >= 15 is 0 Å². The summed E-state index contributed by atoms with van der Waals surface area (Å²) < 4.78 is 41.3. The number of amides is 2. The molecule has 2 aliphatic rings. The molecule has 5 rings (SSSR count). The lowest BCUT2D eigenvalue weighted by Gasteiger charge is -2.18. The first-order chi connectivity index (χ1) is 17.1. The van der Waals surface area contributed by atoms with Crippen LogP contribution in [0.2, 0.25) is 5.02 Å². The molecule has 2 aliphatic carbocycles. The SMILES string of the molecule is Cn1c(Nc2cc(CNC(=O)C3(C(F)(F)F)CC3)ccc2Cl)nc2cc(C(=O)NCC3CC3)ccc21. The zero-order chi connectivity index (χ0) is 25.7. The van der Waals surface area contributed by atoms with Crippen molar-refractivity contribution < 1.29 is 22.8 Å². The highest BCUT2D eigenvalue weighted by Gasteiger charge is 2.68. The predicted molar refractivity (Wildman–Crippen MR) is 130 cm³/mol. The van der Waals surface area contributed by atoms with Gasteiger partial charge in [0.05, 0.1) is 21.7 Å². The second-order valence-electron chi connectivity index (χ2n) is 9.55. The fourth-order valence-electron chi connectivity index (χ4n) is 4.13. The molecular formula is C25H25ClF3N5O2. The number of aromatic nitrogens is 2. The molecule has 36 heavy (non-hydrogen) atoms. The van der Waals surface area contributed by atoms with Gasteiger partial charge in [-0.2, -0.15) is 13.2 Å². The highest BCUT2D eigenvalue weighted by Crippen LogP contribution is 2.57. The van der Waals surface area contributed by atoms with E-state index in [0.29, 0.717) is 45.8 Å². The van der Waals surface area contributed by atoms with Gasteiger partial charge in [-0.05, 0) is 67.5 Å². The Kier molecular flexibility index (Phi) is 6.10. The molecule has 0 atom stereocenters.